The fraction of sp³-hybridized carbons (Fsp3) is 0.130. The van der Waals surface area contributed by atoms with Gasteiger partial charge < -0.3 is 19.9 Å². The fourth-order valence-corrected chi connectivity index (χ4v) is 2.58. The molecule has 0 aromatic heterocycles. The number of aromatic carboxylic acids is 1. The van der Waals surface area contributed by atoms with Crippen LogP contribution < -0.4 is 10.1 Å². The Bertz CT molecular complexity index is 953. The molecular formula is C23H21NO5. The van der Waals surface area contributed by atoms with Gasteiger partial charge in [-0.2, -0.15) is 0 Å². The number of rotatable bonds is 8. The van der Waals surface area contributed by atoms with Gasteiger partial charge in [0.2, 0.25) is 6.29 Å². The summed E-state index contributed by atoms with van der Waals surface area (Å²) in [5.74, 6) is -1.05. The molecule has 0 bridgehead atoms. The van der Waals surface area contributed by atoms with Gasteiger partial charge in [-0.05, 0) is 60.7 Å². The lowest BCUT2D eigenvalue weighted by molar-refractivity contribution is -0.0497. The first-order chi connectivity index (χ1) is 14.0. The van der Waals surface area contributed by atoms with Crippen molar-refractivity contribution in [1.29, 1.82) is 0 Å². The zero-order valence-electron chi connectivity index (χ0n) is 15.9. The van der Waals surface area contributed by atoms with Crippen LogP contribution in [0.3, 0.4) is 0 Å². The van der Waals surface area contributed by atoms with E-state index in [1.54, 1.807) is 12.1 Å². The van der Waals surface area contributed by atoms with Crippen LogP contribution in [0.15, 0.2) is 78.9 Å². The Kier molecular flexibility index (Phi) is 6.47. The third kappa shape index (κ3) is 5.59. The van der Waals surface area contributed by atoms with Crippen LogP contribution in [-0.4, -0.2) is 23.3 Å². The first kappa shape index (κ1) is 19.9. The fourth-order valence-electron chi connectivity index (χ4n) is 2.58. The molecule has 2 N–H and O–H groups in total. The maximum Gasteiger partial charge on any atom is 0.341 e. The summed E-state index contributed by atoms with van der Waals surface area (Å²) in [5, 5.41) is 12.2. The first-order valence-electron chi connectivity index (χ1n) is 9.18. The van der Waals surface area contributed by atoms with E-state index in [0.29, 0.717) is 12.2 Å². The van der Waals surface area contributed by atoms with E-state index in [9.17, 15) is 9.59 Å². The third-order valence-electron chi connectivity index (χ3n) is 4.12. The number of carboxylic acid groups (broad SMARTS) is 1. The highest BCUT2D eigenvalue weighted by Gasteiger charge is 2.16. The van der Waals surface area contributed by atoms with Crippen molar-refractivity contribution in [2.75, 3.05) is 5.32 Å². The van der Waals surface area contributed by atoms with Crippen LogP contribution >= 0.6 is 0 Å². The number of carbonyl (C=O) groups is 2. The number of benzene rings is 3. The third-order valence-corrected chi connectivity index (χ3v) is 4.12. The summed E-state index contributed by atoms with van der Waals surface area (Å²) in [7, 11) is 0. The topological polar surface area (TPSA) is 84.9 Å². The van der Waals surface area contributed by atoms with Crippen LogP contribution in [0.4, 0.5) is 11.4 Å². The number of anilines is 2. The van der Waals surface area contributed by atoms with E-state index in [2.05, 4.69) is 5.32 Å². The molecule has 0 saturated carbocycles. The number of hydrogen-bond donors (Lipinski definition) is 2. The Hall–Kier alpha value is -3.80. The minimum Gasteiger partial charge on any atom is -0.478 e. The van der Waals surface area contributed by atoms with Crippen molar-refractivity contribution in [2.45, 2.75) is 19.6 Å². The number of para-hydroxylation sites is 1. The van der Waals surface area contributed by atoms with Crippen LogP contribution in [0, 0.1) is 0 Å². The molecule has 1 atom stereocenters. The largest absolute Gasteiger partial charge is 0.478 e. The Morgan fingerprint density at radius 3 is 2.03 bits per heavy atom. The van der Waals surface area contributed by atoms with Crippen molar-refractivity contribution in [3.8, 4) is 5.75 Å². The predicted octanol–water partition coefficient (Wildman–Crippen LogP) is 5.10. The molecule has 3 aromatic carbocycles. The second-order valence-electron chi connectivity index (χ2n) is 6.26. The lowest BCUT2D eigenvalue weighted by atomic mass is 10.1. The molecule has 0 radical (unpaired) electrons. The number of carbonyl (C=O) groups excluding carboxylic acids is 1. The van der Waals surface area contributed by atoms with E-state index >= 15 is 0 Å². The molecule has 6 nitrogen and oxygen atoms in total. The Labute approximate surface area is 168 Å². The van der Waals surface area contributed by atoms with Crippen LogP contribution in [0.2, 0.25) is 0 Å². The van der Waals surface area contributed by atoms with Gasteiger partial charge in [-0.1, -0.05) is 25.1 Å². The van der Waals surface area contributed by atoms with Crippen LogP contribution in [0.25, 0.3) is 0 Å². The summed E-state index contributed by atoms with van der Waals surface area (Å²) >= 11 is 0. The SMILES string of the molecule is CCC(OC(=O)c1ccc(C(=O)O)cc1)Oc1ccc(Nc2ccccc2)cc1. The van der Waals surface area contributed by atoms with Crippen molar-refractivity contribution in [3.05, 3.63) is 90.0 Å². The molecule has 0 aliphatic rings. The number of ether oxygens (including phenoxy) is 2. The summed E-state index contributed by atoms with van der Waals surface area (Å²) in [6, 6.07) is 22.7. The van der Waals surface area contributed by atoms with E-state index in [4.69, 9.17) is 14.6 Å². The smallest absolute Gasteiger partial charge is 0.341 e. The van der Waals surface area contributed by atoms with E-state index in [0.717, 1.165) is 11.4 Å². The summed E-state index contributed by atoms with van der Waals surface area (Å²) in [6.07, 6.45) is -0.294. The lowest BCUT2D eigenvalue weighted by Gasteiger charge is -2.18. The zero-order valence-corrected chi connectivity index (χ0v) is 15.9. The van der Waals surface area contributed by atoms with E-state index < -0.39 is 18.2 Å². The Morgan fingerprint density at radius 1 is 0.862 bits per heavy atom. The summed E-state index contributed by atoms with van der Waals surface area (Å²) < 4.78 is 11.1. The normalized spacial score (nSPS) is 11.3. The average molecular weight is 391 g/mol. The number of esters is 1. The molecule has 0 aliphatic carbocycles. The van der Waals surface area contributed by atoms with Crippen molar-refractivity contribution in [2.24, 2.45) is 0 Å². The molecule has 0 amide bonds. The molecule has 6 heteroatoms. The Morgan fingerprint density at radius 2 is 1.45 bits per heavy atom. The van der Waals surface area contributed by atoms with Crippen LogP contribution in [0.5, 0.6) is 5.75 Å². The van der Waals surface area contributed by atoms with Gasteiger partial charge in [-0.3, -0.25) is 0 Å². The van der Waals surface area contributed by atoms with Gasteiger partial charge in [0, 0.05) is 17.8 Å². The molecule has 3 aromatic rings. The van der Waals surface area contributed by atoms with Crippen molar-refractivity contribution in [1.82, 2.24) is 0 Å². The van der Waals surface area contributed by atoms with Crippen LogP contribution in [-0.2, 0) is 4.74 Å². The van der Waals surface area contributed by atoms with E-state index in [1.807, 2.05) is 49.4 Å². The number of carboxylic acids is 1. The molecule has 3 rings (SSSR count). The van der Waals surface area contributed by atoms with Crippen molar-refractivity contribution >= 4 is 23.3 Å². The highest BCUT2D eigenvalue weighted by Crippen LogP contribution is 2.21. The first-order valence-corrected chi connectivity index (χ1v) is 9.18. The summed E-state index contributed by atoms with van der Waals surface area (Å²) in [6.45, 7) is 1.84. The molecule has 0 fully saturated rings. The molecule has 148 valence electrons. The van der Waals surface area contributed by atoms with Gasteiger partial charge in [0.15, 0.2) is 0 Å². The lowest BCUT2D eigenvalue weighted by Crippen LogP contribution is -2.23. The molecule has 0 heterocycles. The second kappa shape index (κ2) is 9.41. The predicted molar refractivity (Wildman–Crippen MR) is 110 cm³/mol. The van der Waals surface area contributed by atoms with Gasteiger partial charge in [0.25, 0.3) is 0 Å². The van der Waals surface area contributed by atoms with Gasteiger partial charge >= 0.3 is 11.9 Å². The molecule has 0 spiro atoms. The van der Waals surface area contributed by atoms with E-state index in [-0.39, 0.29) is 11.1 Å². The Balaban J connectivity index is 1.59. The monoisotopic (exact) mass is 391 g/mol. The molecule has 29 heavy (non-hydrogen) atoms. The molecule has 0 aliphatic heterocycles. The molecule has 0 saturated heterocycles. The average Bonchev–Trinajstić information content (AvgIpc) is 2.75. The van der Waals surface area contributed by atoms with Gasteiger partial charge in [-0.15, -0.1) is 0 Å². The second-order valence-corrected chi connectivity index (χ2v) is 6.26. The summed E-state index contributed by atoms with van der Waals surface area (Å²) in [5.41, 5.74) is 2.26. The van der Waals surface area contributed by atoms with Gasteiger partial charge in [-0.25, -0.2) is 9.59 Å². The van der Waals surface area contributed by atoms with Crippen molar-refractivity contribution in [3.63, 3.8) is 0 Å². The quantitative estimate of drug-likeness (QED) is 0.410. The maximum atomic E-state index is 12.3. The number of nitrogens with one attached hydrogen (secondary N) is 1. The highest BCUT2D eigenvalue weighted by molar-refractivity contribution is 5.92. The van der Waals surface area contributed by atoms with Gasteiger partial charge in [0.1, 0.15) is 5.75 Å². The number of hydrogen-bond acceptors (Lipinski definition) is 5. The standard InChI is InChI=1S/C23H21NO5/c1-2-21(29-23(27)17-10-8-16(9-11-17)22(25)26)28-20-14-12-19(13-15-20)24-18-6-4-3-5-7-18/h3-15,21,24H,2H2,1H3,(H,25,26). The van der Waals surface area contributed by atoms with Crippen molar-refractivity contribution < 1.29 is 24.2 Å². The molecule has 1 unspecified atom stereocenters. The van der Waals surface area contributed by atoms with Gasteiger partial charge in [0.05, 0.1) is 11.1 Å². The van der Waals surface area contributed by atoms with E-state index in [1.165, 1.54) is 24.3 Å². The maximum absolute atomic E-state index is 12.3. The minimum absolute atomic E-state index is 0.106. The summed E-state index contributed by atoms with van der Waals surface area (Å²) in [4.78, 5) is 23.2. The zero-order chi connectivity index (χ0) is 20.6. The van der Waals surface area contributed by atoms with Crippen LogP contribution in [0.1, 0.15) is 34.1 Å². The molecular weight excluding hydrogens is 370 g/mol. The minimum atomic E-state index is -1.05. The highest BCUT2D eigenvalue weighted by atomic mass is 16.7.